The number of nitrogens with two attached hydrogens (primary N) is 1. The van der Waals surface area contributed by atoms with Crippen LogP contribution in [0.15, 0.2) is 24.3 Å². The van der Waals surface area contributed by atoms with Gasteiger partial charge in [-0.25, -0.2) is 4.79 Å². The van der Waals surface area contributed by atoms with Gasteiger partial charge in [0.15, 0.2) is 0 Å². The van der Waals surface area contributed by atoms with Crippen molar-refractivity contribution in [2.45, 2.75) is 25.8 Å². The van der Waals surface area contributed by atoms with Crippen molar-refractivity contribution in [3.63, 3.8) is 0 Å². The third-order valence-electron chi connectivity index (χ3n) is 5.40. The van der Waals surface area contributed by atoms with Gasteiger partial charge in [-0.1, -0.05) is 24.3 Å². The molecule has 152 valence electrons. The highest BCUT2D eigenvalue weighted by Gasteiger charge is 2.28. The van der Waals surface area contributed by atoms with Crippen LogP contribution in [-0.4, -0.2) is 66.9 Å². The Bertz CT molecular complexity index is 724. The second kappa shape index (κ2) is 9.54. The number of benzene rings is 1. The van der Waals surface area contributed by atoms with Crippen LogP contribution in [0.2, 0.25) is 0 Å². The van der Waals surface area contributed by atoms with Crippen LogP contribution in [0.25, 0.3) is 0 Å². The van der Waals surface area contributed by atoms with Gasteiger partial charge in [0.25, 0.3) is 0 Å². The van der Waals surface area contributed by atoms with E-state index in [1.807, 2.05) is 18.2 Å². The van der Waals surface area contributed by atoms with Crippen molar-refractivity contribution >= 4 is 17.8 Å². The number of nitrogens with zero attached hydrogens (tertiary/aromatic N) is 2. The number of piperidine rings is 1. The molecule has 0 aliphatic carbocycles. The van der Waals surface area contributed by atoms with Crippen LogP contribution in [0.1, 0.15) is 24.0 Å². The number of amides is 4. The molecule has 2 heterocycles. The predicted molar refractivity (Wildman–Crippen MR) is 105 cm³/mol. The molecular weight excluding hydrogens is 358 g/mol. The number of fused-ring (bicyclic) bond motifs is 1. The van der Waals surface area contributed by atoms with Gasteiger partial charge in [0, 0.05) is 39.3 Å². The van der Waals surface area contributed by atoms with Crippen LogP contribution in [0.4, 0.5) is 4.79 Å². The summed E-state index contributed by atoms with van der Waals surface area (Å²) in [6.45, 7) is 3.00. The van der Waals surface area contributed by atoms with E-state index in [4.69, 9.17) is 5.73 Å². The van der Waals surface area contributed by atoms with Gasteiger partial charge < -0.3 is 26.2 Å². The van der Waals surface area contributed by atoms with E-state index in [1.54, 1.807) is 9.80 Å². The predicted octanol–water partition coefficient (Wildman–Crippen LogP) is 0.0678. The largest absolute Gasteiger partial charge is 0.355 e. The minimum absolute atomic E-state index is 0.0475. The average molecular weight is 387 g/mol. The molecule has 2 aliphatic rings. The number of urea groups is 1. The van der Waals surface area contributed by atoms with E-state index in [0.717, 1.165) is 24.8 Å². The second-order valence-electron chi connectivity index (χ2n) is 7.36. The van der Waals surface area contributed by atoms with Crippen molar-refractivity contribution in [3.05, 3.63) is 35.4 Å². The summed E-state index contributed by atoms with van der Waals surface area (Å²) >= 11 is 0. The fourth-order valence-electron chi connectivity index (χ4n) is 3.80. The minimum Gasteiger partial charge on any atom is -0.355 e. The molecular formula is C20H29N5O3. The summed E-state index contributed by atoms with van der Waals surface area (Å²) in [4.78, 5) is 40.5. The molecule has 0 radical (unpaired) electrons. The molecule has 1 saturated heterocycles. The monoisotopic (exact) mass is 387 g/mol. The van der Waals surface area contributed by atoms with Crippen molar-refractivity contribution in [1.29, 1.82) is 0 Å². The first kappa shape index (κ1) is 20.1. The zero-order chi connectivity index (χ0) is 19.9. The zero-order valence-electron chi connectivity index (χ0n) is 16.2. The standard InChI is InChI=1S/C20H29N5O3/c21-8-9-22-19(27)17-6-3-10-24(14-17)18(26)12-23-20(28)25-11-7-15-4-1-2-5-16(15)13-25/h1-2,4-5,17H,3,6-14,21H2,(H,22,27)(H,23,28). The van der Waals surface area contributed by atoms with Crippen LogP contribution in [0.5, 0.6) is 0 Å². The van der Waals surface area contributed by atoms with Gasteiger partial charge in [0.05, 0.1) is 12.5 Å². The molecule has 4 N–H and O–H groups in total. The maximum atomic E-state index is 12.5. The molecule has 0 saturated carbocycles. The van der Waals surface area contributed by atoms with Crippen molar-refractivity contribution in [2.24, 2.45) is 11.7 Å². The first-order chi connectivity index (χ1) is 13.6. The Kier molecular flexibility index (Phi) is 6.86. The summed E-state index contributed by atoms with van der Waals surface area (Å²) in [6, 6.07) is 7.88. The Hall–Kier alpha value is -2.61. The Morgan fingerprint density at radius 1 is 1.07 bits per heavy atom. The third-order valence-corrected chi connectivity index (χ3v) is 5.40. The Morgan fingerprint density at radius 2 is 1.86 bits per heavy atom. The third kappa shape index (κ3) is 5.01. The van der Waals surface area contributed by atoms with E-state index >= 15 is 0 Å². The molecule has 1 fully saturated rings. The molecule has 1 unspecified atom stereocenters. The van der Waals surface area contributed by atoms with E-state index in [9.17, 15) is 14.4 Å². The van der Waals surface area contributed by atoms with Crippen molar-refractivity contribution in [1.82, 2.24) is 20.4 Å². The van der Waals surface area contributed by atoms with Gasteiger partial charge in [-0.3, -0.25) is 9.59 Å². The van der Waals surface area contributed by atoms with E-state index in [1.165, 1.54) is 5.56 Å². The van der Waals surface area contributed by atoms with Crippen molar-refractivity contribution < 1.29 is 14.4 Å². The summed E-state index contributed by atoms with van der Waals surface area (Å²) in [7, 11) is 0. The minimum atomic E-state index is -0.225. The smallest absolute Gasteiger partial charge is 0.318 e. The molecule has 1 aromatic carbocycles. The quantitative estimate of drug-likeness (QED) is 0.664. The number of hydrogen-bond acceptors (Lipinski definition) is 4. The lowest BCUT2D eigenvalue weighted by molar-refractivity contribution is -0.134. The fraction of sp³-hybridized carbons (Fsp3) is 0.550. The topological polar surface area (TPSA) is 108 Å². The number of carbonyl (C=O) groups is 3. The SMILES string of the molecule is NCCNC(=O)C1CCCN(C(=O)CNC(=O)N2CCc3ccccc3C2)C1. The molecule has 8 heteroatoms. The Balaban J connectivity index is 1.46. The normalized spacial score (nSPS) is 19.0. The van der Waals surface area contributed by atoms with E-state index in [-0.39, 0.29) is 30.3 Å². The summed E-state index contributed by atoms with van der Waals surface area (Å²) in [6.07, 6.45) is 2.37. The molecule has 1 atom stereocenters. The molecule has 0 spiro atoms. The van der Waals surface area contributed by atoms with Crippen LogP contribution >= 0.6 is 0 Å². The van der Waals surface area contributed by atoms with E-state index in [0.29, 0.717) is 39.3 Å². The van der Waals surface area contributed by atoms with Crippen LogP contribution in [0.3, 0.4) is 0 Å². The lowest BCUT2D eigenvalue weighted by Gasteiger charge is -2.33. The van der Waals surface area contributed by atoms with Gasteiger partial charge in [0.1, 0.15) is 0 Å². The van der Waals surface area contributed by atoms with E-state index < -0.39 is 0 Å². The second-order valence-corrected chi connectivity index (χ2v) is 7.36. The summed E-state index contributed by atoms with van der Waals surface area (Å²) in [5.74, 6) is -0.417. The Labute approximate surface area is 165 Å². The maximum Gasteiger partial charge on any atom is 0.318 e. The first-order valence-electron chi connectivity index (χ1n) is 9.93. The van der Waals surface area contributed by atoms with Crippen molar-refractivity contribution in [2.75, 3.05) is 39.3 Å². The van der Waals surface area contributed by atoms with Crippen molar-refractivity contribution in [3.8, 4) is 0 Å². The van der Waals surface area contributed by atoms with Gasteiger partial charge in [-0.05, 0) is 30.4 Å². The molecule has 28 heavy (non-hydrogen) atoms. The highest BCUT2D eigenvalue weighted by molar-refractivity contribution is 5.85. The van der Waals surface area contributed by atoms with Gasteiger partial charge in [-0.2, -0.15) is 0 Å². The molecule has 3 rings (SSSR count). The maximum absolute atomic E-state index is 12.5. The van der Waals surface area contributed by atoms with Crippen LogP contribution in [0, 0.1) is 5.92 Å². The fourth-order valence-corrected chi connectivity index (χ4v) is 3.80. The van der Waals surface area contributed by atoms with Gasteiger partial charge in [-0.15, -0.1) is 0 Å². The number of rotatable bonds is 5. The number of likely N-dealkylation sites (tertiary alicyclic amines) is 1. The molecule has 0 aromatic heterocycles. The molecule has 2 aliphatic heterocycles. The molecule has 1 aromatic rings. The highest BCUT2D eigenvalue weighted by Crippen LogP contribution is 2.19. The number of hydrogen-bond donors (Lipinski definition) is 3. The number of nitrogens with one attached hydrogen (secondary N) is 2. The first-order valence-corrected chi connectivity index (χ1v) is 9.93. The lowest BCUT2D eigenvalue weighted by atomic mass is 9.97. The summed E-state index contributed by atoms with van der Waals surface area (Å²) < 4.78 is 0. The Morgan fingerprint density at radius 3 is 2.64 bits per heavy atom. The summed E-state index contributed by atoms with van der Waals surface area (Å²) in [5, 5.41) is 5.52. The van der Waals surface area contributed by atoms with E-state index in [2.05, 4.69) is 16.7 Å². The summed E-state index contributed by atoms with van der Waals surface area (Å²) in [5.41, 5.74) is 7.84. The zero-order valence-corrected chi connectivity index (χ0v) is 16.2. The average Bonchev–Trinajstić information content (AvgIpc) is 2.75. The lowest BCUT2D eigenvalue weighted by Crippen LogP contribution is -2.50. The van der Waals surface area contributed by atoms with Gasteiger partial charge in [0.2, 0.25) is 11.8 Å². The highest BCUT2D eigenvalue weighted by atomic mass is 16.2. The van der Waals surface area contributed by atoms with Crippen LogP contribution < -0.4 is 16.4 Å². The molecule has 4 amide bonds. The molecule has 0 bridgehead atoms. The molecule has 8 nitrogen and oxygen atoms in total. The van der Waals surface area contributed by atoms with Crippen LogP contribution in [-0.2, 0) is 22.6 Å². The number of carbonyl (C=O) groups excluding carboxylic acids is 3. The van der Waals surface area contributed by atoms with Gasteiger partial charge >= 0.3 is 6.03 Å².